The van der Waals surface area contributed by atoms with Crippen molar-refractivity contribution in [1.82, 2.24) is 9.62 Å². The van der Waals surface area contributed by atoms with Gasteiger partial charge in [-0.05, 0) is 87.1 Å². The summed E-state index contributed by atoms with van der Waals surface area (Å²) in [7, 11) is -3.76. The van der Waals surface area contributed by atoms with Crippen molar-refractivity contribution in [3.05, 3.63) is 63.7 Å². The van der Waals surface area contributed by atoms with E-state index in [4.69, 9.17) is 11.6 Å². The third kappa shape index (κ3) is 4.49. The monoisotopic (exact) mass is 434 g/mol. The number of carbonyl (C=O) groups excluding carboxylic acids is 1. The zero-order valence-corrected chi connectivity index (χ0v) is 18.8. The quantitative estimate of drug-likeness (QED) is 0.763. The van der Waals surface area contributed by atoms with E-state index in [1.807, 2.05) is 20.8 Å². The van der Waals surface area contributed by atoms with Gasteiger partial charge in [-0.3, -0.25) is 4.79 Å². The molecule has 2 unspecified atom stereocenters. The number of nitrogens with zero attached hydrogens (tertiary/aromatic N) is 1. The van der Waals surface area contributed by atoms with Crippen LogP contribution < -0.4 is 5.32 Å². The molecule has 0 saturated carbocycles. The summed E-state index contributed by atoms with van der Waals surface area (Å²) in [6.07, 6.45) is 1.17. The molecule has 0 aromatic heterocycles. The zero-order valence-electron chi connectivity index (χ0n) is 17.2. The van der Waals surface area contributed by atoms with Gasteiger partial charge in [0.25, 0.3) is 0 Å². The molecule has 2 aromatic rings. The van der Waals surface area contributed by atoms with Crippen LogP contribution in [0, 0.1) is 20.8 Å². The van der Waals surface area contributed by atoms with Crippen LogP contribution in [-0.2, 0) is 14.8 Å². The average Bonchev–Trinajstić information content (AvgIpc) is 3.16. The SMILES string of the molecule is Cc1cc(C)c(C(C)NC(=O)C2CCCN2S(=O)(=O)c2ccc(Cl)cc2)cc1C. The fourth-order valence-electron chi connectivity index (χ4n) is 3.87. The number of nitrogens with one attached hydrogen (secondary N) is 1. The van der Waals surface area contributed by atoms with Crippen LogP contribution in [0.3, 0.4) is 0 Å². The van der Waals surface area contributed by atoms with Gasteiger partial charge < -0.3 is 5.32 Å². The number of rotatable bonds is 5. The zero-order chi connectivity index (χ0) is 21.3. The lowest BCUT2D eigenvalue weighted by molar-refractivity contribution is -0.124. The normalized spacial score (nSPS) is 18.6. The van der Waals surface area contributed by atoms with Crippen LogP contribution in [-0.4, -0.2) is 31.2 Å². The van der Waals surface area contributed by atoms with Crippen LogP contribution in [0.5, 0.6) is 0 Å². The van der Waals surface area contributed by atoms with Crippen LogP contribution in [0.4, 0.5) is 0 Å². The van der Waals surface area contributed by atoms with E-state index in [1.54, 1.807) is 12.1 Å². The van der Waals surface area contributed by atoms with E-state index < -0.39 is 16.1 Å². The Hall–Kier alpha value is -1.89. The van der Waals surface area contributed by atoms with Gasteiger partial charge >= 0.3 is 0 Å². The maximum Gasteiger partial charge on any atom is 0.243 e. The number of benzene rings is 2. The molecular weight excluding hydrogens is 408 g/mol. The molecule has 0 spiro atoms. The second-order valence-electron chi connectivity index (χ2n) is 7.75. The molecule has 29 heavy (non-hydrogen) atoms. The highest BCUT2D eigenvalue weighted by Crippen LogP contribution is 2.28. The summed E-state index contributed by atoms with van der Waals surface area (Å²) in [4.78, 5) is 13.1. The summed E-state index contributed by atoms with van der Waals surface area (Å²) in [6.45, 7) is 8.40. The van der Waals surface area contributed by atoms with Crippen molar-refractivity contribution in [2.75, 3.05) is 6.54 Å². The Bertz CT molecular complexity index is 1020. The van der Waals surface area contributed by atoms with E-state index in [9.17, 15) is 13.2 Å². The number of amides is 1. The highest BCUT2D eigenvalue weighted by atomic mass is 35.5. The number of hydrogen-bond acceptors (Lipinski definition) is 3. The Morgan fingerprint density at radius 2 is 1.72 bits per heavy atom. The van der Waals surface area contributed by atoms with Crippen LogP contribution in [0.1, 0.15) is 48.1 Å². The van der Waals surface area contributed by atoms with Crippen LogP contribution in [0.2, 0.25) is 5.02 Å². The molecule has 1 N–H and O–H groups in total. The topological polar surface area (TPSA) is 66.5 Å². The average molecular weight is 435 g/mol. The summed E-state index contributed by atoms with van der Waals surface area (Å²) >= 11 is 5.88. The van der Waals surface area contributed by atoms with Crippen molar-refractivity contribution >= 4 is 27.5 Å². The van der Waals surface area contributed by atoms with Gasteiger partial charge in [0, 0.05) is 11.6 Å². The Balaban J connectivity index is 1.80. The Kier molecular flexibility index (Phi) is 6.36. The lowest BCUT2D eigenvalue weighted by Gasteiger charge is -2.26. The summed E-state index contributed by atoms with van der Waals surface area (Å²) < 4.78 is 27.4. The van der Waals surface area contributed by atoms with Crippen molar-refractivity contribution in [3.8, 4) is 0 Å². The van der Waals surface area contributed by atoms with E-state index >= 15 is 0 Å². The second-order valence-corrected chi connectivity index (χ2v) is 10.1. The molecule has 2 atom stereocenters. The maximum absolute atomic E-state index is 13.1. The van der Waals surface area contributed by atoms with E-state index in [-0.39, 0.29) is 16.8 Å². The number of hydrogen-bond donors (Lipinski definition) is 1. The molecule has 0 aliphatic carbocycles. The first-order valence-electron chi connectivity index (χ1n) is 9.77. The van der Waals surface area contributed by atoms with Gasteiger partial charge in [-0.1, -0.05) is 23.7 Å². The largest absolute Gasteiger partial charge is 0.348 e. The molecule has 0 bridgehead atoms. The third-order valence-electron chi connectivity index (χ3n) is 5.63. The molecule has 0 radical (unpaired) electrons. The van der Waals surface area contributed by atoms with Gasteiger partial charge in [0.2, 0.25) is 15.9 Å². The number of halogens is 1. The Labute approximate surface area is 178 Å². The standard InChI is InChI=1S/C22H27ClN2O3S/c1-14-12-16(3)20(13-15(14)2)17(4)24-22(26)21-6-5-11-25(21)29(27,28)19-9-7-18(23)8-10-19/h7-10,12-13,17,21H,5-6,11H2,1-4H3,(H,24,26). The van der Waals surface area contributed by atoms with Gasteiger partial charge in [0.1, 0.15) is 6.04 Å². The summed E-state index contributed by atoms with van der Waals surface area (Å²) in [5, 5.41) is 3.49. The molecule has 7 heteroatoms. The Morgan fingerprint density at radius 1 is 1.10 bits per heavy atom. The second kappa shape index (κ2) is 8.46. The first kappa shape index (κ1) is 21.8. The molecule has 3 rings (SSSR count). The molecule has 1 heterocycles. The van der Waals surface area contributed by atoms with Crippen molar-refractivity contribution < 1.29 is 13.2 Å². The minimum Gasteiger partial charge on any atom is -0.348 e. The highest BCUT2D eigenvalue weighted by molar-refractivity contribution is 7.89. The molecule has 1 aliphatic rings. The molecular formula is C22H27ClN2O3S. The first-order valence-corrected chi connectivity index (χ1v) is 11.6. The van der Waals surface area contributed by atoms with Crippen molar-refractivity contribution in [3.63, 3.8) is 0 Å². The molecule has 5 nitrogen and oxygen atoms in total. The Morgan fingerprint density at radius 3 is 2.38 bits per heavy atom. The fraction of sp³-hybridized carbons (Fsp3) is 0.409. The molecule has 1 fully saturated rings. The van der Waals surface area contributed by atoms with Gasteiger partial charge in [0.15, 0.2) is 0 Å². The van der Waals surface area contributed by atoms with Crippen molar-refractivity contribution in [2.45, 2.75) is 57.5 Å². The smallest absolute Gasteiger partial charge is 0.243 e. The molecule has 1 aliphatic heterocycles. The molecule has 2 aromatic carbocycles. The van der Waals surface area contributed by atoms with Crippen LogP contribution in [0.25, 0.3) is 0 Å². The highest BCUT2D eigenvalue weighted by Gasteiger charge is 2.39. The van der Waals surface area contributed by atoms with Crippen molar-refractivity contribution in [2.24, 2.45) is 0 Å². The first-order chi connectivity index (χ1) is 13.6. The van der Waals surface area contributed by atoms with E-state index in [0.717, 1.165) is 11.1 Å². The van der Waals surface area contributed by atoms with E-state index in [2.05, 4.69) is 24.4 Å². The van der Waals surface area contributed by atoms with Gasteiger partial charge in [-0.25, -0.2) is 8.42 Å². The fourth-order valence-corrected chi connectivity index (χ4v) is 5.65. The van der Waals surface area contributed by atoms with Crippen LogP contribution in [0.15, 0.2) is 41.3 Å². The predicted molar refractivity (Wildman–Crippen MR) is 116 cm³/mol. The number of sulfonamides is 1. The number of aryl methyl sites for hydroxylation is 3. The van der Waals surface area contributed by atoms with Crippen molar-refractivity contribution in [1.29, 1.82) is 0 Å². The molecule has 156 valence electrons. The lowest BCUT2D eigenvalue weighted by atomic mass is 9.96. The summed E-state index contributed by atoms with van der Waals surface area (Å²) in [5.74, 6) is -0.259. The maximum atomic E-state index is 13.1. The van der Waals surface area contributed by atoms with E-state index in [0.29, 0.717) is 24.4 Å². The summed E-state index contributed by atoms with van der Waals surface area (Å²) in [6, 6.07) is 9.34. The van der Waals surface area contributed by atoms with Gasteiger partial charge in [0.05, 0.1) is 10.9 Å². The minimum atomic E-state index is -3.76. The third-order valence-corrected chi connectivity index (χ3v) is 7.81. The predicted octanol–water partition coefficient (Wildman–Crippen LogP) is 4.30. The minimum absolute atomic E-state index is 0.152. The molecule has 1 saturated heterocycles. The lowest BCUT2D eigenvalue weighted by Crippen LogP contribution is -2.46. The van der Waals surface area contributed by atoms with Crippen LogP contribution >= 0.6 is 11.6 Å². The molecule has 1 amide bonds. The van der Waals surface area contributed by atoms with Gasteiger partial charge in [-0.2, -0.15) is 4.31 Å². The number of carbonyl (C=O) groups is 1. The van der Waals surface area contributed by atoms with E-state index in [1.165, 1.54) is 27.6 Å². The van der Waals surface area contributed by atoms with Gasteiger partial charge in [-0.15, -0.1) is 0 Å². The summed E-state index contributed by atoms with van der Waals surface area (Å²) in [5.41, 5.74) is 4.53.